The van der Waals surface area contributed by atoms with E-state index in [0.717, 1.165) is 11.8 Å². The SMILES string of the molecule is Cn1cc(C(C)(C)C)c2c(F)c(F)cnc21. The number of aryl methyl sites for hydroxylation is 1. The molecule has 2 rings (SSSR count). The molecule has 0 N–H and O–H groups in total. The molecule has 0 aliphatic heterocycles. The molecule has 4 heteroatoms. The number of rotatable bonds is 0. The monoisotopic (exact) mass is 224 g/mol. The van der Waals surface area contributed by atoms with Crippen LogP contribution < -0.4 is 0 Å². The first-order valence-corrected chi connectivity index (χ1v) is 5.12. The van der Waals surface area contributed by atoms with Crippen molar-refractivity contribution in [3.63, 3.8) is 0 Å². The van der Waals surface area contributed by atoms with Crippen LogP contribution in [0, 0.1) is 11.6 Å². The van der Waals surface area contributed by atoms with Crippen LogP contribution in [0.15, 0.2) is 12.4 Å². The van der Waals surface area contributed by atoms with Gasteiger partial charge in [0.05, 0.1) is 11.6 Å². The molecule has 0 radical (unpaired) electrons. The number of halogens is 2. The van der Waals surface area contributed by atoms with Crippen molar-refractivity contribution in [1.82, 2.24) is 9.55 Å². The van der Waals surface area contributed by atoms with E-state index >= 15 is 0 Å². The summed E-state index contributed by atoms with van der Waals surface area (Å²) in [6.45, 7) is 5.89. The molecule has 0 spiro atoms. The molecule has 2 aromatic rings. The van der Waals surface area contributed by atoms with E-state index in [1.54, 1.807) is 17.8 Å². The van der Waals surface area contributed by atoms with Gasteiger partial charge < -0.3 is 4.57 Å². The van der Waals surface area contributed by atoms with E-state index < -0.39 is 11.6 Å². The highest BCUT2D eigenvalue weighted by atomic mass is 19.2. The van der Waals surface area contributed by atoms with Crippen LogP contribution in [0.3, 0.4) is 0 Å². The summed E-state index contributed by atoms with van der Waals surface area (Å²) < 4.78 is 28.7. The lowest BCUT2D eigenvalue weighted by molar-refractivity contribution is 0.510. The molecule has 0 fully saturated rings. The molecule has 2 nitrogen and oxygen atoms in total. The number of pyridine rings is 1. The Bertz CT molecular complexity index is 550. The Morgan fingerprint density at radius 3 is 2.44 bits per heavy atom. The first kappa shape index (κ1) is 11.0. The van der Waals surface area contributed by atoms with Crippen LogP contribution in [0.2, 0.25) is 0 Å². The Balaban J connectivity index is 2.92. The summed E-state index contributed by atoms with van der Waals surface area (Å²) in [6, 6.07) is 0. The quantitative estimate of drug-likeness (QED) is 0.672. The Kier molecular flexibility index (Phi) is 2.26. The van der Waals surface area contributed by atoms with E-state index in [0.29, 0.717) is 5.65 Å². The lowest BCUT2D eigenvalue weighted by atomic mass is 9.87. The van der Waals surface area contributed by atoms with Crippen molar-refractivity contribution in [2.75, 3.05) is 0 Å². The van der Waals surface area contributed by atoms with Crippen molar-refractivity contribution in [2.45, 2.75) is 26.2 Å². The fourth-order valence-corrected chi connectivity index (χ4v) is 1.85. The van der Waals surface area contributed by atoms with Crippen LogP contribution in [0.25, 0.3) is 11.0 Å². The third-order valence-electron chi connectivity index (χ3n) is 2.69. The molecule has 16 heavy (non-hydrogen) atoms. The Morgan fingerprint density at radius 1 is 1.25 bits per heavy atom. The molecule has 0 aliphatic rings. The predicted molar refractivity (Wildman–Crippen MR) is 59.3 cm³/mol. The summed E-state index contributed by atoms with van der Waals surface area (Å²) in [4.78, 5) is 3.92. The average Bonchev–Trinajstić information content (AvgIpc) is 2.50. The van der Waals surface area contributed by atoms with Gasteiger partial charge in [0.15, 0.2) is 11.6 Å². The van der Waals surface area contributed by atoms with Crippen molar-refractivity contribution < 1.29 is 8.78 Å². The van der Waals surface area contributed by atoms with Crippen molar-refractivity contribution in [3.8, 4) is 0 Å². The molecular weight excluding hydrogens is 210 g/mol. The number of hydrogen-bond donors (Lipinski definition) is 0. The molecule has 0 unspecified atom stereocenters. The standard InChI is InChI=1S/C12H14F2N2/c1-12(2,3)7-6-16(4)11-9(7)10(14)8(13)5-15-11/h5-6H,1-4H3. The number of fused-ring (bicyclic) bond motifs is 1. The Labute approximate surface area is 92.9 Å². The predicted octanol–water partition coefficient (Wildman–Crippen LogP) is 3.15. The zero-order chi connectivity index (χ0) is 12.1. The maximum Gasteiger partial charge on any atom is 0.177 e. The van der Waals surface area contributed by atoms with Gasteiger partial charge in [0.2, 0.25) is 0 Å². The van der Waals surface area contributed by atoms with Gasteiger partial charge in [-0.05, 0) is 11.0 Å². The molecule has 0 bridgehead atoms. The van der Waals surface area contributed by atoms with Gasteiger partial charge in [0, 0.05) is 13.2 Å². The summed E-state index contributed by atoms with van der Waals surface area (Å²) in [7, 11) is 1.78. The maximum absolute atomic E-state index is 13.8. The highest BCUT2D eigenvalue weighted by molar-refractivity contribution is 5.82. The second-order valence-electron chi connectivity index (χ2n) is 5.02. The van der Waals surface area contributed by atoms with Crippen LogP contribution in [-0.2, 0) is 12.5 Å². The second-order valence-corrected chi connectivity index (χ2v) is 5.02. The maximum atomic E-state index is 13.8. The van der Waals surface area contributed by atoms with E-state index in [9.17, 15) is 8.78 Å². The number of nitrogens with zero attached hydrogens (tertiary/aromatic N) is 2. The van der Waals surface area contributed by atoms with Gasteiger partial charge in [-0.1, -0.05) is 20.8 Å². The zero-order valence-corrected chi connectivity index (χ0v) is 9.81. The minimum absolute atomic E-state index is 0.240. The third kappa shape index (κ3) is 1.49. The van der Waals surface area contributed by atoms with Gasteiger partial charge in [-0.3, -0.25) is 0 Å². The first-order chi connectivity index (χ1) is 7.32. The largest absolute Gasteiger partial charge is 0.335 e. The van der Waals surface area contributed by atoms with Crippen molar-refractivity contribution >= 4 is 11.0 Å². The summed E-state index contributed by atoms with van der Waals surface area (Å²) in [5, 5.41) is 0.287. The molecule has 2 aromatic heterocycles. The average molecular weight is 224 g/mol. The lowest BCUT2D eigenvalue weighted by Crippen LogP contribution is -2.11. The first-order valence-electron chi connectivity index (χ1n) is 5.12. The molecule has 0 atom stereocenters. The smallest absolute Gasteiger partial charge is 0.177 e. The van der Waals surface area contributed by atoms with Crippen molar-refractivity contribution in [3.05, 3.63) is 29.6 Å². The fourth-order valence-electron chi connectivity index (χ4n) is 1.85. The highest BCUT2D eigenvalue weighted by Crippen LogP contribution is 2.32. The minimum Gasteiger partial charge on any atom is -0.335 e. The van der Waals surface area contributed by atoms with Crippen LogP contribution >= 0.6 is 0 Å². The van der Waals surface area contributed by atoms with Crippen LogP contribution in [-0.4, -0.2) is 9.55 Å². The highest BCUT2D eigenvalue weighted by Gasteiger charge is 2.24. The summed E-state index contributed by atoms with van der Waals surface area (Å²) in [5.74, 6) is -1.71. The molecule has 0 aromatic carbocycles. The third-order valence-corrected chi connectivity index (χ3v) is 2.69. The van der Waals surface area contributed by atoms with Gasteiger partial charge >= 0.3 is 0 Å². The molecule has 0 aliphatic carbocycles. The van der Waals surface area contributed by atoms with Gasteiger partial charge in [-0.15, -0.1) is 0 Å². The van der Waals surface area contributed by atoms with Crippen molar-refractivity contribution in [1.29, 1.82) is 0 Å². The normalized spacial score (nSPS) is 12.4. The van der Waals surface area contributed by atoms with Crippen LogP contribution in [0.5, 0.6) is 0 Å². The molecule has 0 saturated heterocycles. The van der Waals surface area contributed by atoms with Crippen molar-refractivity contribution in [2.24, 2.45) is 7.05 Å². The molecule has 0 amide bonds. The van der Waals surface area contributed by atoms with Crippen LogP contribution in [0.1, 0.15) is 26.3 Å². The summed E-state index contributed by atoms with van der Waals surface area (Å²) >= 11 is 0. The van der Waals surface area contributed by atoms with Gasteiger partial charge in [0.1, 0.15) is 5.65 Å². The van der Waals surface area contributed by atoms with Gasteiger partial charge in [-0.25, -0.2) is 13.8 Å². The second kappa shape index (κ2) is 3.27. The zero-order valence-electron chi connectivity index (χ0n) is 9.81. The van der Waals surface area contributed by atoms with Crippen LogP contribution in [0.4, 0.5) is 8.78 Å². The van der Waals surface area contributed by atoms with E-state index in [4.69, 9.17) is 0 Å². The summed E-state index contributed by atoms with van der Waals surface area (Å²) in [6.07, 6.45) is 2.73. The van der Waals surface area contributed by atoms with E-state index in [1.807, 2.05) is 20.8 Å². The van der Waals surface area contributed by atoms with Gasteiger partial charge in [0.25, 0.3) is 0 Å². The molecule has 2 heterocycles. The fraction of sp³-hybridized carbons (Fsp3) is 0.417. The Morgan fingerprint density at radius 2 is 1.88 bits per heavy atom. The minimum atomic E-state index is -0.899. The molecule has 0 saturated carbocycles. The van der Waals surface area contributed by atoms with E-state index in [1.165, 1.54) is 0 Å². The summed E-state index contributed by atoms with van der Waals surface area (Å²) in [5.41, 5.74) is 1.01. The molecule has 86 valence electrons. The number of hydrogen-bond acceptors (Lipinski definition) is 1. The van der Waals surface area contributed by atoms with Gasteiger partial charge in [-0.2, -0.15) is 0 Å². The van der Waals surface area contributed by atoms with E-state index in [-0.39, 0.29) is 10.8 Å². The molecular formula is C12H14F2N2. The van der Waals surface area contributed by atoms with E-state index in [2.05, 4.69) is 4.98 Å². The lowest BCUT2D eigenvalue weighted by Gasteiger charge is -2.17. The Hall–Kier alpha value is -1.45. The number of aromatic nitrogens is 2. The topological polar surface area (TPSA) is 17.8 Å².